The van der Waals surface area contributed by atoms with Gasteiger partial charge in [0.2, 0.25) is 11.0 Å². The number of nitrogens with zero attached hydrogens (tertiary/aromatic N) is 3. The molecule has 20 heavy (non-hydrogen) atoms. The quantitative estimate of drug-likeness (QED) is 0.324. The largest absolute Gasteiger partial charge is 0.394 e. The second kappa shape index (κ2) is 7.93. The zero-order valence-corrected chi connectivity index (χ0v) is 12.1. The van der Waals surface area contributed by atoms with Gasteiger partial charge in [0.25, 0.3) is 0 Å². The summed E-state index contributed by atoms with van der Waals surface area (Å²) in [7, 11) is 0. The molecule has 112 valence electrons. The fourth-order valence-electron chi connectivity index (χ4n) is 1.40. The van der Waals surface area contributed by atoms with Crippen molar-refractivity contribution in [3.05, 3.63) is 21.1 Å². The van der Waals surface area contributed by atoms with Crippen molar-refractivity contribution >= 4 is 23.1 Å². The molecule has 8 nitrogen and oxygen atoms in total. The molecule has 1 aromatic heterocycles. The SMILES string of the molecule is CC(C)c1nc(Cl)c([N+](=O)[O-])c(NCCOCCO)n1. The van der Waals surface area contributed by atoms with E-state index >= 15 is 0 Å². The van der Waals surface area contributed by atoms with Crippen LogP contribution in [-0.4, -0.2) is 46.4 Å². The van der Waals surface area contributed by atoms with E-state index in [0.717, 1.165) is 0 Å². The molecule has 0 atom stereocenters. The Kier molecular flexibility index (Phi) is 6.56. The summed E-state index contributed by atoms with van der Waals surface area (Å²) in [6, 6.07) is 0. The lowest BCUT2D eigenvalue weighted by Gasteiger charge is -2.10. The van der Waals surface area contributed by atoms with Crippen molar-refractivity contribution < 1.29 is 14.8 Å². The topological polar surface area (TPSA) is 110 Å². The molecule has 0 bridgehead atoms. The van der Waals surface area contributed by atoms with Gasteiger partial charge in [0.15, 0.2) is 0 Å². The number of nitrogens with one attached hydrogen (secondary N) is 1. The second-order valence-corrected chi connectivity index (χ2v) is 4.60. The minimum atomic E-state index is -0.622. The Bertz CT molecular complexity index is 470. The van der Waals surface area contributed by atoms with Gasteiger partial charge in [0.05, 0.1) is 24.7 Å². The lowest BCUT2D eigenvalue weighted by molar-refractivity contribution is -0.384. The maximum absolute atomic E-state index is 11.0. The number of hydrogen-bond acceptors (Lipinski definition) is 7. The normalized spacial score (nSPS) is 10.8. The molecule has 0 amide bonds. The Balaban J connectivity index is 2.87. The van der Waals surface area contributed by atoms with Gasteiger partial charge in [-0.25, -0.2) is 9.97 Å². The fourth-order valence-corrected chi connectivity index (χ4v) is 1.64. The highest BCUT2D eigenvalue weighted by molar-refractivity contribution is 6.31. The minimum absolute atomic E-state index is 0.000469. The average Bonchev–Trinajstić information content (AvgIpc) is 2.37. The number of ether oxygens (including phenoxy) is 1. The molecule has 0 unspecified atom stereocenters. The summed E-state index contributed by atoms with van der Waals surface area (Å²) in [5, 5.41) is 22.2. The van der Waals surface area contributed by atoms with Crippen LogP contribution in [0, 0.1) is 10.1 Å². The molecule has 1 rings (SSSR count). The van der Waals surface area contributed by atoms with Crippen molar-refractivity contribution in [2.24, 2.45) is 0 Å². The Morgan fingerprint density at radius 2 is 2.15 bits per heavy atom. The van der Waals surface area contributed by atoms with Gasteiger partial charge in [0, 0.05) is 12.5 Å². The number of anilines is 1. The van der Waals surface area contributed by atoms with E-state index in [1.165, 1.54) is 0 Å². The van der Waals surface area contributed by atoms with E-state index in [9.17, 15) is 10.1 Å². The van der Waals surface area contributed by atoms with Crippen molar-refractivity contribution in [1.29, 1.82) is 0 Å². The molecule has 0 aliphatic carbocycles. The van der Waals surface area contributed by atoms with Crippen molar-refractivity contribution in [3.8, 4) is 0 Å². The summed E-state index contributed by atoms with van der Waals surface area (Å²) in [6.45, 7) is 4.47. The smallest absolute Gasteiger partial charge is 0.348 e. The monoisotopic (exact) mass is 304 g/mol. The molecule has 0 spiro atoms. The van der Waals surface area contributed by atoms with E-state index in [2.05, 4.69) is 15.3 Å². The van der Waals surface area contributed by atoms with E-state index in [0.29, 0.717) is 12.4 Å². The number of hydrogen-bond donors (Lipinski definition) is 2. The van der Waals surface area contributed by atoms with Crippen LogP contribution in [0.4, 0.5) is 11.5 Å². The molecule has 0 fully saturated rings. The summed E-state index contributed by atoms with van der Waals surface area (Å²) < 4.78 is 5.05. The molecule has 0 aromatic carbocycles. The Morgan fingerprint density at radius 3 is 2.70 bits per heavy atom. The van der Waals surface area contributed by atoms with Gasteiger partial charge in [-0.15, -0.1) is 0 Å². The zero-order valence-electron chi connectivity index (χ0n) is 11.3. The molecule has 2 N–H and O–H groups in total. The standard InChI is InChI=1S/C11H17ClN4O4/c1-7(2)10-14-9(12)8(16(18)19)11(15-10)13-3-5-20-6-4-17/h7,17H,3-6H2,1-2H3,(H,13,14,15). The van der Waals surface area contributed by atoms with Crippen LogP contribution in [0.5, 0.6) is 0 Å². The molecule has 1 heterocycles. The van der Waals surface area contributed by atoms with E-state index < -0.39 is 4.92 Å². The lowest BCUT2D eigenvalue weighted by Crippen LogP contribution is -2.15. The highest BCUT2D eigenvalue weighted by Crippen LogP contribution is 2.30. The summed E-state index contributed by atoms with van der Waals surface area (Å²) >= 11 is 5.84. The second-order valence-electron chi connectivity index (χ2n) is 4.24. The summed E-state index contributed by atoms with van der Waals surface area (Å²) in [6.07, 6.45) is 0. The van der Waals surface area contributed by atoms with Crippen molar-refractivity contribution in [3.63, 3.8) is 0 Å². The van der Waals surface area contributed by atoms with E-state index in [-0.39, 0.29) is 42.4 Å². The van der Waals surface area contributed by atoms with Gasteiger partial charge in [-0.3, -0.25) is 10.1 Å². The molecule has 0 saturated carbocycles. The molecule has 1 aromatic rings. The molecule has 0 aliphatic heterocycles. The van der Waals surface area contributed by atoms with Crippen LogP contribution >= 0.6 is 11.6 Å². The highest BCUT2D eigenvalue weighted by atomic mass is 35.5. The number of nitro groups is 1. The number of aromatic nitrogens is 2. The third kappa shape index (κ3) is 4.55. The first-order valence-electron chi connectivity index (χ1n) is 6.11. The summed E-state index contributed by atoms with van der Waals surface area (Å²) in [4.78, 5) is 18.4. The lowest BCUT2D eigenvalue weighted by atomic mass is 10.2. The predicted molar refractivity (Wildman–Crippen MR) is 74.2 cm³/mol. The van der Waals surface area contributed by atoms with Crippen molar-refractivity contribution in [1.82, 2.24) is 9.97 Å². The number of aliphatic hydroxyl groups is 1. The maximum Gasteiger partial charge on any atom is 0.348 e. The van der Waals surface area contributed by atoms with Crippen LogP contribution in [0.15, 0.2) is 0 Å². The van der Waals surface area contributed by atoms with Crippen LogP contribution in [0.1, 0.15) is 25.6 Å². The number of halogens is 1. The van der Waals surface area contributed by atoms with Crippen LogP contribution in [-0.2, 0) is 4.74 Å². The van der Waals surface area contributed by atoms with Gasteiger partial charge < -0.3 is 15.2 Å². The summed E-state index contributed by atoms with van der Waals surface area (Å²) in [5.74, 6) is 0.505. The van der Waals surface area contributed by atoms with E-state index in [1.54, 1.807) is 0 Å². The van der Waals surface area contributed by atoms with Gasteiger partial charge >= 0.3 is 5.69 Å². The molecular weight excluding hydrogens is 288 g/mol. The first-order valence-corrected chi connectivity index (χ1v) is 6.49. The van der Waals surface area contributed by atoms with Crippen LogP contribution in [0.3, 0.4) is 0 Å². The van der Waals surface area contributed by atoms with Gasteiger partial charge in [0.1, 0.15) is 5.82 Å². The Morgan fingerprint density at radius 1 is 1.45 bits per heavy atom. The van der Waals surface area contributed by atoms with Gasteiger partial charge in [-0.05, 0) is 0 Å². The average molecular weight is 305 g/mol. The fraction of sp³-hybridized carbons (Fsp3) is 0.636. The molecule has 9 heteroatoms. The van der Waals surface area contributed by atoms with Crippen LogP contribution in [0.2, 0.25) is 5.15 Å². The first-order chi connectivity index (χ1) is 9.47. The summed E-state index contributed by atoms with van der Waals surface area (Å²) in [5.41, 5.74) is -0.349. The van der Waals surface area contributed by atoms with Gasteiger partial charge in [-0.1, -0.05) is 25.4 Å². The van der Waals surface area contributed by atoms with E-state index in [1.807, 2.05) is 13.8 Å². The molecular formula is C11H17ClN4O4. The minimum Gasteiger partial charge on any atom is -0.394 e. The van der Waals surface area contributed by atoms with Crippen molar-refractivity contribution in [2.45, 2.75) is 19.8 Å². The third-order valence-electron chi connectivity index (χ3n) is 2.33. The third-order valence-corrected chi connectivity index (χ3v) is 2.60. The molecule has 0 saturated heterocycles. The van der Waals surface area contributed by atoms with Gasteiger partial charge in [-0.2, -0.15) is 0 Å². The van der Waals surface area contributed by atoms with Crippen LogP contribution in [0.25, 0.3) is 0 Å². The highest BCUT2D eigenvalue weighted by Gasteiger charge is 2.24. The predicted octanol–water partition coefficient (Wildman–Crippen LogP) is 1.58. The maximum atomic E-state index is 11.0. The first kappa shape index (κ1) is 16.5. The Labute approximate surface area is 121 Å². The van der Waals surface area contributed by atoms with Crippen molar-refractivity contribution in [2.75, 3.05) is 31.7 Å². The molecule has 0 aliphatic rings. The van der Waals surface area contributed by atoms with E-state index in [4.69, 9.17) is 21.4 Å². The number of aliphatic hydroxyl groups excluding tert-OH is 1. The zero-order chi connectivity index (χ0) is 15.1. The number of rotatable bonds is 8. The van der Waals surface area contributed by atoms with Crippen LogP contribution < -0.4 is 5.32 Å². The Hall–Kier alpha value is -1.51. The molecule has 0 radical (unpaired) electrons.